The quantitative estimate of drug-likeness (QED) is 0.440. The second kappa shape index (κ2) is 8.76. The number of piperidine rings is 1. The number of nitrogens with one attached hydrogen (secondary N) is 1. The maximum atomic E-state index is 11.4. The summed E-state index contributed by atoms with van der Waals surface area (Å²) in [5, 5.41) is 12.1. The maximum Gasteiger partial charge on any atom is 0.314 e. The van der Waals surface area contributed by atoms with Gasteiger partial charge in [0, 0.05) is 32.2 Å². The Balaban J connectivity index is 2.47. The van der Waals surface area contributed by atoms with Crippen LogP contribution in [-0.4, -0.2) is 61.4 Å². The Bertz CT molecular complexity index is 325. The van der Waals surface area contributed by atoms with Crippen LogP contribution >= 0.6 is 0 Å². The number of ether oxygens (including phenoxy) is 1. The summed E-state index contributed by atoms with van der Waals surface area (Å²) in [4.78, 5) is 24.2. The molecule has 1 fully saturated rings. The third kappa shape index (κ3) is 5.75. The van der Waals surface area contributed by atoms with Gasteiger partial charge in [0.25, 0.3) is 0 Å². The van der Waals surface area contributed by atoms with E-state index in [1.54, 1.807) is 4.90 Å². The van der Waals surface area contributed by atoms with Crippen molar-refractivity contribution in [2.45, 2.75) is 31.7 Å². The van der Waals surface area contributed by atoms with Crippen molar-refractivity contribution < 1.29 is 19.4 Å². The van der Waals surface area contributed by atoms with Gasteiger partial charge in [0.1, 0.15) is 0 Å². The van der Waals surface area contributed by atoms with Gasteiger partial charge in [-0.1, -0.05) is 0 Å². The van der Waals surface area contributed by atoms with Crippen LogP contribution in [0.3, 0.4) is 0 Å². The number of rotatable bonds is 7. The van der Waals surface area contributed by atoms with E-state index in [9.17, 15) is 9.59 Å². The molecule has 0 spiro atoms. The Hall–Kier alpha value is -1.34. The minimum absolute atomic E-state index is 0.144. The largest absolute Gasteiger partial charge is 0.469 e. The molecule has 2 unspecified atom stereocenters. The molecule has 0 aromatic carbocycles. The molecule has 0 aliphatic carbocycles. The lowest BCUT2D eigenvalue weighted by atomic mass is 9.90. The van der Waals surface area contributed by atoms with E-state index in [-0.39, 0.29) is 24.5 Å². The van der Waals surface area contributed by atoms with Crippen molar-refractivity contribution in [2.24, 2.45) is 11.7 Å². The second-order valence-corrected chi connectivity index (χ2v) is 5.19. The van der Waals surface area contributed by atoms with Crippen LogP contribution in [0.5, 0.6) is 0 Å². The number of urea groups is 1. The summed E-state index contributed by atoms with van der Waals surface area (Å²) >= 11 is 0. The number of aliphatic hydroxyl groups is 1. The fourth-order valence-corrected chi connectivity index (χ4v) is 2.55. The number of carbonyl (C=O) groups is 2. The number of methoxy groups -OCH3 is 1. The average Bonchev–Trinajstić information content (AvgIpc) is 2.44. The summed E-state index contributed by atoms with van der Waals surface area (Å²) in [7, 11) is 1.37. The average molecular weight is 287 g/mol. The number of hydrogen-bond donors (Lipinski definition) is 3. The van der Waals surface area contributed by atoms with Crippen LogP contribution in [-0.2, 0) is 9.53 Å². The molecule has 0 radical (unpaired) electrons. The van der Waals surface area contributed by atoms with Gasteiger partial charge in [-0.25, -0.2) is 4.79 Å². The van der Waals surface area contributed by atoms with Crippen LogP contribution in [0.25, 0.3) is 0 Å². The molecule has 0 aromatic heterocycles. The van der Waals surface area contributed by atoms with Gasteiger partial charge < -0.3 is 25.8 Å². The van der Waals surface area contributed by atoms with Gasteiger partial charge in [0.05, 0.1) is 7.11 Å². The number of nitrogens with zero attached hydrogens (tertiary/aromatic N) is 1. The number of primary amides is 1. The molecule has 7 nitrogen and oxygen atoms in total. The Kier molecular flexibility index (Phi) is 7.32. The highest BCUT2D eigenvalue weighted by Crippen LogP contribution is 2.21. The number of nitrogens with two attached hydrogens (primary N) is 1. The minimum Gasteiger partial charge on any atom is -0.469 e. The molecule has 2 amide bonds. The zero-order valence-corrected chi connectivity index (χ0v) is 12.0. The molecular weight excluding hydrogens is 262 g/mol. The summed E-state index contributed by atoms with van der Waals surface area (Å²) < 4.78 is 4.63. The standard InChI is InChI=1S/C13H25N3O4/c1-20-12(18)4-3-10-7-11(15-5-2-6-17)9-16(8-10)13(14)19/h10-11,15,17H,2-9H2,1H3,(H2,14,19). The molecular formula is C13H25N3O4. The number of aliphatic hydroxyl groups excluding tert-OH is 1. The third-order valence-electron chi connectivity index (χ3n) is 3.60. The van der Waals surface area contributed by atoms with E-state index in [0.717, 1.165) is 6.42 Å². The molecule has 4 N–H and O–H groups in total. The molecule has 7 heteroatoms. The van der Waals surface area contributed by atoms with E-state index in [1.807, 2.05) is 0 Å². The first kappa shape index (κ1) is 16.7. The number of carbonyl (C=O) groups excluding carboxylic acids is 2. The van der Waals surface area contributed by atoms with Crippen LogP contribution in [0.15, 0.2) is 0 Å². The van der Waals surface area contributed by atoms with Crippen LogP contribution in [0, 0.1) is 5.92 Å². The van der Waals surface area contributed by atoms with E-state index in [1.165, 1.54) is 7.11 Å². The summed E-state index contributed by atoms with van der Waals surface area (Å²) in [5.74, 6) is 0.00737. The van der Waals surface area contributed by atoms with E-state index in [2.05, 4.69) is 10.1 Å². The van der Waals surface area contributed by atoms with Crippen molar-refractivity contribution >= 4 is 12.0 Å². The third-order valence-corrected chi connectivity index (χ3v) is 3.60. The molecule has 0 saturated carbocycles. The van der Waals surface area contributed by atoms with Gasteiger partial charge in [0.2, 0.25) is 0 Å². The normalized spacial score (nSPS) is 22.6. The van der Waals surface area contributed by atoms with E-state index < -0.39 is 6.03 Å². The molecule has 1 rings (SSSR count). The predicted molar refractivity (Wildman–Crippen MR) is 74.0 cm³/mol. The van der Waals surface area contributed by atoms with Crippen LogP contribution in [0.4, 0.5) is 4.79 Å². The fourth-order valence-electron chi connectivity index (χ4n) is 2.55. The van der Waals surface area contributed by atoms with E-state index in [4.69, 9.17) is 10.8 Å². The van der Waals surface area contributed by atoms with Crippen molar-refractivity contribution in [3.05, 3.63) is 0 Å². The minimum atomic E-state index is -0.429. The Labute approximate surface area is 119 Å². The lowest BCUT2D eigenvalue weighted by Gasteiger charge is -2.37. The van der Waals surface area contributed by atoms with Gasteiger partial charge in [0.15, 0.2) is 0 Å². The van der Waals surface area contributed by atoms with Gasteiger partial charge in [-0.15, -0.1) is 0 Å². The first-order chi connectivity index (χ1) is 9.56. The highest BCUT2D eigenvalue weighted by Gasteiger charge is 2.28. The smallest absolute Gasteiger partial charge is 0.314 e. The van der Waals surface area contributed by atoms with Gasteiger partial charge in [-0.3, -0.25) is 4.79 Å². The van der Waals surface area contributed by atoms with Gasteiger partial charge in [-0.05, 0) is 31.7 Å². The molecule has 0 bridgehead atoms. The highest BCUT2D eigenvalue weighted by molar-refractivity contribution is 5.72. The summed E-state index contributed by atoms with van der Waals surface area (Å²) in [6.45, 7) is 2.02. The molecule has 1 saturated heterocycles. The monoisotopic (exact) mass is 287 g/mol. The molecule has 1 aliphatic rings. The first-order valence-electron chi connectivity index (χ1n) is 7.02. The second-order valence-electron chi connectivity index (χ2n) is 5.19. The van der Waals surface area contributed by atoms with Gasteiger partial charge in [-0.2, -0.15) is 0 Å². The number of amides is 2. The summed E-state index contributed by atoms with van der Waals surface area (Å²) in [6.07, 6.45) is 2.62. The summed E-state index contributed by atoms with van der Waals surface area (Å²) in [6, 6.07) is -0.271. The van der Waals surface area contributed by atoms with Crippen LogP contribution in [0.2, 0.25) is 0 Å². The molecule has 2 atom stereocenters. The van der Waals surface area contributed by atoms with Crippen molar-refractivity contribution in [1.29, 1.82) is 0 Å². The Morgan fingerprint density at radius 1 is 1.45 bits per heavy atom. The summed E-state index contributed by atoms with van der Waals surface area (Å²) in [5.41, 5.74) is 5.36. The van der Waals surface area contributed by atoms with Crippen LogP contribution < -0.4 is 11.1 Å². The fraction of sp³-hybridized carbons (Fsp3) is 0.846. The molecule has 1 aliphatic heterocycles. The Morgan fingerprint density at radius 2 is 2.20 bits per heavy atom. The lowest BCUT2D eigenvalue weighted by Crippen LogP contribution is -2.53. The molecule has 116 valence electrons. The topological polar surface area (TPSA) is 105 Å². The van der Waals surface area contributed by atoms with Crippen molar-refractivity contribution in [3.63, 3.8) is 0 Å². The number of hydrogen-bond acceptors (Lipinski definition) is 5. The molecule has 1 heterocycles. The Morgan fingerprint density at radius 3 is 2.80 bits per heavy atom. The van der Waals surface area contributed by atoms with E-state index >= 15 is 0 Å². The van der Waals surface area contributed by atoms with Crippen molar-refractivity contribution in [1.82, 2.24) is 10.2 Å². The predicted octanol–water partition coefficient (Wildman–Crippen LogP) is -0.319. The molecule has 0 aromatic rings. The number of likely N-dealkylation sites (tertiary alicyclic amines) is 1. The van der Waals surface area contributed by atoms with Crippen molar-refractivity contribution in [2.75, 3.05) is 33.4 Å². The maximum absolute atomic E-state index is 11.4. The zero-order valence-electron chi connectivity index (χ0n) is 12.0. The van der Waals surface area contributed by atoms with Gasteiger partial charge >= 0.3 is 12.0 Å². The number of esters is 1. The first-order valence-corrected chi connectivity index (χ1v) is 7.02. The zero-order chi connectivity index (χ0) is 15.0. The van der Waals surface area contributed by atoms with E-state index in [0.29, 0.717) is 38.9 Å². The highest BCUT2D eigenvalue weighted by atomic mass is 16.5. The lowest BCUT2D eigenvalue weighted by molar-refractivity contribution is -0.141. The van der Waals surface area contributed by atoms with Crippen molar-refractivity contribution in [3.8, 4) is 0 Å². The van der Waals surface area contributed by atoms with Crippen LogP contribution in [0.1, 0.15) is 25.7 Å². The molecule has 20 heavy (non-hydrogen) atoms. The SMILES string of the molecule is COC(=O)CCC1CC(NCCCO)CN(C(N)=O)C1.